The number of imidazole rings is 1. The second-order valence-corrected chi connectivity index (χ2v) is 3.03. The monoisotopic (exact) mass is 408 g/mol. The normalized spacial score (nSPS) is 8.60. The van der Waals surface area contributed by atoms with Crippen LogP contribution in [0, 0.1) is 10.1 Å². The molecule has 0 aliphatic carbocycles. The van der Waals surface area contributed by atoms with Crippen LogP contribution >= 0.6 is 0 Å². The van der Waals surface area contributed by atoms with Crippen LogP contribution in [0.2, 0.25) is 0 Å². The molecule has 12 heteroatoms. The van der Waals surface area contributed by atoms with Crippen molar-refractivity contribution >= 4 is 18.2 Å². The average molecular weight is 408 g/mol. The molecule has 0 spiro atoms. The van der Waals surface area contributed by atoms with Crippen LogP contribution in [0.15, 0.2) is 12.4 Å². The SMILES string of the molecule is O=C(O)NCCCn1ccnc1[N+](=O)[O-].O=C([O-])O.[Cs+]. The molecule has 1 amide bonds. The number of nitrogens with zero attached hydrogens (tertiary/aromatic N) is 3. The van der Waals surface area contributed by atoms with Crippen molar-refractivity contribution in [3.8, 4) is 0 Å². The third-order valence-corrected chi connectivity index (χ3v) is 1.71. The summed E-state index contributed by atoms with van der Waals surface area (Å²) in [6.45, 7) is 0.612. The predicted molar refractivity (Wildman–Crippen MR) is 57.6 cm³/mol. The Balaban J connectivity index is 0. The van der Waals surface area contributed by atoms with E-state index in [-0.39, 0.29) is 81.4 Å². The van der Waals surface area contributed by atoms with E-state index in [0.717, 1.165) is 0 Å². The number of hydrogen-bond donors (Lipinski definition) is 3. The van der Waals surface area contributed by atoms with Crippen molar-refractivity contribution in [3.05, 3.63) is 22.5 Å². The maximum Gasteiger partial charge on any atom is 1.00 e. The van der Waals surface area contributed by atoms with E-state index in [2.05, 4.69) is 10.3 Å². The van der Waals surface area contributed by atoms with Crippen LogP contribution in [-0.2, 0) is 6.54 Å². The minimum Gasteiger partial charge on any atom is -0.565 e. The van der Waals surface area contributed by atoms with Crippen molar-refractivity contribution < 1.29 is 98.7 Å². The number of aromatic nitrogens is 2. The summed E-state index contributed by atoms with van der Waals surface area (Å²) in [6.07, 6.45) is 0.112. The summed E-state index contributed by atoms with van der Waals surface area (Å²) in [5, 5.41) is 36.2. The Labute approximate surface area is 171 Å². The number of carbonyl (C=O) groups is 2. The summed E-state index contributed by atoms with van der Waals surface area (Å²) in [4.78, 5) is 32.0. The molecule has 0 aromatic carbocycles. The van der Waals surface area contributed by atoms with Gasteiger partial charge in [-0.15, -0.1) is 0 Å². The first-order valence-electron chi connectivity index (χ1n) is 4.87. The van der Waals surface area contributed by atoms with Gasteiger partial charge in [0.05, 0.1) is 6.54 Å². The van der Waals surface area contributed by atoms with Crippen LogP contribution in [0.1, 0.15) is 6.42 Å². The minimum atomic E-state index is -2.08. The molecule has 1 aromatic heterocycles. The molecule has 1 aromatic rings. The molecule has 0 bridgehead atoms. The van der Waals surface area contributed by atoms with Gasteiger partial charge in [-0.25, -0.2) is 9.36 Å². The second-order valence-electron chi connectivity index (χ2n) is 3.03. The number of nitrogens with one attached hydrogen (secondary N) is 1. The zero-order chi connectivity index (χ0) is 14.8. The summed E-state index contributed by atoms with van der Waals surface area (Å²) < 4.78 is 1.36. The molecule has 0 saturated carbocycles. The van der Waals surface area contributed by atoms with Gasteiger partial charge in [-0.05, 0) is 11.3 Å². The number of rotatable bonds is 5. The fraction of sp³-hybridized carbons (Fsp3) is 0.375. The van der Waals surface area contributed by atoms with E-state index in [4.69, 9.17) is 20.1 Å². The Bertz CT molecular complexity index is 446. The van der Waals surface area contributed by atoms with Crippen LogP contribution < -0.4 is 79.3 Å². The van der Waals surface area contributed by atoms with E-state index in [1.165, 1.54) is 17.0 Å². The maximum absolute atomic E-state index is 10.4. The van der Waals surface area contributed by atoms with Crippen molar-refractivity contribution in [2.45, 2.75) is 13.0 Å². The van der Waals surface area contributed by atoms with Crippen molar-refractivity contribution in [2.75, 3.05) is 6.54 Å². The first kappa shape index (κ1) is 21.5. The Morgan fingerprint density at radius 3 is 2.45 bits per heavy atom. The summed E-state index contributed by atoms with van der Waals surface area (Å²) in [7, 11) is 0. The van der Waals surface area contributed by atoms with Crippen LogP contribution in [0.4, 0.5) is 15.5 Å². The molecular weight excluding hydrogens is 397 g/mol. The molecule has 0 aliphatic heterocycles. The number of nitro groups is 1. The molecule has 106 valence electrons. The summed E-state index contributed by atoms with van der Waals surface area (Å²) in [5.41, 5.74) is 0. The topological polar surface area (TPSA) is 171 Å². The molecule has 0 radical (unpaired) electrons. The van der Waals surface area contributed by atoms with E-state index in [1.54, 1.807) is 0 Å². The Kier molecular flexibility index (Phi) is 12.9. The largest absolute Gasteiger partial charge is 1.00 e. The number of aryl methyl sites for hydroxylation is 1. The van der Waals surface area contributed by atoms with Crippen molar-refractivity contribution in [1.29, 1.82) is 0 Å². The smallest absolute Gasteiger partial charge is 0.565 e. The van der Waals surface area contributed by atoms with Crippen LogP contribution in [-0.4, -0.2) is 43.5 Å². The van der Waals surface area contributed by atoms with E-state index in [1.807, 2.05) is 0 Å². The van der Waals surface area contributed by atoms with Gasteiger partial charge < -0.3 is 35.5 Å². The summed E-state index contributed by atoms with van der Waals surface area (Å²) in [5.74, 6) is -0.231. The molecule has 0 fully saturated rings. The van der Waals surface area contributed by atoms with Gasteiger partial charge in [-0.1, -0.05) is 4.98 Å². The fourth-order valence-electron chi connectivity index (χ4n) is 1.09. The number of carboxylic acid groups (broad SMARTS) is 3. The van der Waals surface area contributed by atoms with E-state index < -0.39 is 17.2 Å². The van der Waals surface area contributed by atoms with E-state index in [9.17, 15) is 14.9 Å². The third kappa shape index (κ3) is 11.1. The molecule has 3 N–H and O–H groups in total. The van der Waals surface area contributed by atoms with Crippen LogP contribution in [0.3, 0.4) is 0 Å². The molecule has 1 rings (SSSR count). The zero-order valence-electron chi connectivity index (χ0n) is 10.6. The summed E-state index contributed by atoms with van der Waals surface area (Å²) in [6, 6.07) is 0. The molecule has 0 unspecified atom stereocenters. The zero-order valence-corrected chi connectivity index (χ0v) is 16.8. The Morgan fingerprint density at radius 1 is 1.45 bits per heavy atom. The van der Waals surface area contributed by atoms with Gasteiger partial charge in [0.15, 0.2) is 0 Å². The third-order valence-electron chi connectivity index (χ3n) is 1.71. The van der Waals surface area contributed by atoms with Crippen LogP contribution in [0.25, 0.3) is 0 Å². The van der Waals surface area contributed by atoms with Gasteiger partial charge in [0.25, 0.3) is 0 Å². The fourth-order valence-corrected chi connectivity index (χ4v) is 1.09. The average Bonchev–Trinajstić information content (AvgIpc) is 2.71. The van der Waals surface area contributed by atoms with Gasteiger partial charge in [0.1, 0.15) is 12.4 Å². The van der Waals surface area contributed by atoms with E-state index in [0.29, 0.717) is 13.0 Å². The van der Waals surface area contributed by atoms with Crippen molar-refractivity contribution in [1.82, 2.24) is 14.9 Å². The van der Waals surface area contributed by atoms with Crippen LogP contribution in [0.5, 0.6) is 0 Å². The minimum absolute atomic E-state index is 0. The van der Waals surface area contributed by atoms with Gasteiger partial charge >= 0.3 is 80.9 Å². The summed E-state index contributed by atoms with van der Waals surface area (Å²) >= 11 is 0. The molecule has 0 aliphatic rings. The Hall–Kier alpha value is -0.798. The van der Waals surface area contributed by atoms with Gasteiger partial charge in [0, 0.05) is 6.54 Å². The van der Waals surface area contributed by atoms with E-state index >= 15 is 0 Å². The van der Waals surface area contributed by atoms with Gasteiger partial charge in [-0.2, -0.15) is 0 Å². The molecule has 0 atom stereocenters. The first-order valence-corrected chi connectivity index (χ1v) is 4.87. The second kappa shape index (κ2) is 12.0. The number of amides is 1. The molecular formula is C8H11CsN4O7. The van der Waals surface area contributed by atoms with Gasteiger partial charge in [-0.3, -0.25) is 0 Å². The predicted octanol–water partition coefficient (Wildman–Crippen LogP) is -3.66. The maximum atomic E-state index is 10.4. The standard InChI is InChI=1S/C7H10N4O4.CH2O3.Cs/c12-7(13)9-2-1-4-10-5-3-8-6(10)11(14)15;2-1(3)4;/h3,5,9H,1-2,4H2,(H,12,13);(H2,2,3,4);/q;;+1/p-1. The molecule has 20 heavy (non-hydrogen) atoms. The Morgan fingerprint density at radius 2 is 2.00 bits per heavy atom. The van der Waals surface area contributed by atoms with Crippen molar-refractivity contribution in [2.24, 2.45) is 0 Å². The number of hydrogen-bond acceptors (Lipinski definition) is 6. The molecule has 1 heterocycles. The van der Waals surface area contributed by atoms with Gasteiger partial charge in [0.2, 0.25) is 6.16 Å². The van der Waals surface area contributed by atoms with Crippen molar-refractivity contribution in [3.63, 3.8) is 0 Å². The first-order chi connectivity index (χ1) is 8.84. The molecule has 0 saturated heterocycles. The molecule has 11 nitrogen and oxygen atoms in total. The quantitative estimate of drug-likeness (QED) is 0.254.